The summed E-state index contributed by atoms with van der Waals surface area (Å²) in [5.41, 5.74) is 2.42. The minimum Gasteiger partial charge on any atom is -0.350 e. The largest absolute Gasteiger partial charge is 0.350 e. The van der Waals surface area contributed by atoms with E-state index in [1.807, 2.05) is 70.2 Å². The number of halogens is 1. The van der Waals surface area contributed by atoms with E-state index in [4.69, 9.17) is 0 Å². The molecular formula is C32H40FN3O4S. The van der Waals surface area contributed by atoms with Crippen molar-refractivity contribution in [2.75, 3.05) is 17.1 Å². The van der Waals surface area contributed by atoms with Gasteiger partial charge in [-0.15, -0.1) is 0 Å². The average molecular weight is 582 g/mol. The molecule has 0 fully saturated rings. The second kappa shape index (κ2) is 13.8. The van der Waals surface area contributed by atoms with Gasteiger partial charge in [0.2, 0.25) is 21.8 Å². The minimum atomic E-state index is -3.59. The predicted molar refractivity (Wildman–Crippen MR) is 161 cm³/mol. The Balaban J connectivity index is 1.90. The van der Waals surface area contributed by atoms with Crippen LogP contribution in [0, 0.1) is 12.7 Å². The summed E-state index contributed by atoms with van der Waals surface area (Å²) in [7, 11) is -3.59. The number of benzene rings is 3. The molecule has 0 spiro atoms. The first-order valence-corrected chi connectivity index (χ1v) is 15.5. The number of carbonyl (C=O) groups excluding carboxylic acids is 2. The van der Waals surface area contributed by atoms with Gasteiger partial charge in [-0.1, -0.05) is 60.7 Å². The molecule has 0 saturated carbocycles. The fourth-order valence-electron chi connectivity index (χ4n) is 4.62. The molecule has 3 rings (SSSR count). The van der Waals surface area contributed by atoms with Gasteiger partial charge in [0.1, 0.15) is 11.9 Å². The third kappa shape index (κ3) is 9.70. The van der Waals surface area contributed by atoms with Gasteiger partial charge >= 0.3 is 0 Å². The molecule has 220 valence electrons. The highest BCUT2D eigenvalue weighted by Gasteiger charge is 2.32. The first kappa shape index (κ1) is 31.8. The van der Waals surface area contributed by atoms with Gasteiger partial charge in [0.05, 0.1) is 11.9 Å². The highest BCUT2D eigenvalue weighted by atomic mass is 32.2. The van der Waals surface area contributed by atoms with E-state index in [-0.39, 0.29) is 44.2 Å². The first-order valence-electron chi connectivity index (χ1n) is 13.7. The number of nitrogens with zero attached hydrogens (tertiary/aromatic N) is 2. The van der Waals surface area contributed by atoms with Gasteiger partial charge in [-0.05, 0) is 69.0 Å². The first-order chi connectivity index (χ1) is 19.2. The summed E-state index contributed by atoms with van der Waals surface area (Å²) >= 11 is 0. The third-order valence-electron chi connectivity index (χ3n) is 6.57. The van der Waals surface area contributed by atoms with Crippen molar-refractivity contribution in [2.45, 2.75) is 65.1 Å². The normalized spacial score (nSPS) is 12.4. The number of sulfonamides is 1. The summed E-state index contributed by atoms with van der Waals surface area (Å²) in [6.07, 6.45) is 1.70. The quantitative estimate of drug-likeness (QED) is 0.317. The maximum atomic E-state index is 13.9. The van der Waals surface area contributed by atoms with Crippen LogP contribution in [0.25, 0.3) is 0 Å². The van der Waals surface area contributed by atoms with Crippen LogP contribution in [0.15, 0.2) is 78.9 Å². The lowest BCUT2D eigenvalue weighted by Crippen LogP contribution is -2.54. The van der Waals surface area contributed by atoms with Crippen LogP contribution >= 0.6 is 0 Å². The highest BCUT2D eigenvalue weighted by Crippen LogP contribution is 2.23. The van der Waals surface area contributed by atoms with E-state index in [2.05, 4.69) is 5.32 Å². The van der Waals surface area contributed by atoms with Gasteiger partial charge in [0, 0.05) is 31.5 Å². The van der Waals surface area contributed by atoms with Crippen molar-refractivity contribution in [1.82, 2.24) is 10.2 Å². The molecule has 3 aromatic rings. The van der Waals surface area contributed by atoms with Crippen molar-refractivity contribution in [3.05, 3.63) is 101 Å². The Kier molecular flexibility index (Phi) is 10.7. The topological polar surface area (TPSA) is 86.8 Å². The Hall–Kier alpha value is -3.72. The summed E-state index contributed by atoms with van der Waals surface area (Å²) in [5, 5.41) is 3.01. The van der Waals surface area contributed by atoms with E-state index in [0.717, 1.165) is 17.4 Å². The van der Waals surface area contributed by atoms with Crippen LogP contribution in [-0.4, -0.2) is 49.5 Å². The number of para-hydroxylation sites is 1. The Morgan fingerprint density at radius 3 is 2.10 bits per heavy atom. The van der Waals surface area contributed by atoms with Crippen LogP contribution < -0.4 is 9.62 Å². The van der Waals surface area contributed by atoms with Gasteiger partial charge in [0.25, 0.3) is 0 Å². The minimum absolute atomic E-state index is 0.0210. The molecule has 0 aromatic heterocycles. The maximum Gasteiger partial charge on any atom is 0.243 e. The van der Waals surface area contributed by atoms with Crippen LogP contribution in [-0.2, 0) is 32.6 Å². The average Bonchev–Trinajstić information content (AvgIpc) is 2.89. The number of hydrogen-bond acceptors (Lipinski definition) is 4. The molecule has 1 unspecified atom stereocenters. The van der Waals surface area contributed by atoms with Crippen molar-refractivity contribution in [2.24, 2.45) is 0 Å². The van der Waals surface area contributed by atoms with E-state index >= 15 is 0 Å². The second-order valence-corrected chi connectivity index (χ2v) is 13.2. The number of carbonyl (C=O) groups is 2. The van der Waals surface area contributed by atoms with Crippen LogP contribution in [0.2, 0.25) is 0 Å². The Morgan fingerprint density at radius 1 is 0.902 bits per heavy atom. The smallest absolute Gasteiger partial charge is 0.243 e. The summed E-state index contributed by atoms with van der Waals surface area (Å²) < 4.78 is 40.3. The number of nitrogens with one attached hydrogen (secondary N) is 1. The fraction of sp³-hybridized carbons (Fsp3) is 0.375. The summed E-state index contributed by atoms with van der Waals surface area (Å²) in [6.45, 7) is 7.68. The molecule has 1 N–H and O–H groups in total. The van der Waals surface area contributed by atoms with Gasteiger partial charge in [-0.25, -0.2) is 12.8 Å². The standard InChI is InChI=1S/C32H40FN3O4S/c1-24-12-9-10-15-28(24)36(41(5,39)40)21-11-16-30(37)35(23-26-17-19-27(33)20-18-26)29(31(38)34-32(2,3)4)22-25-13-7-6-8-14-25/h6-10,12-15,17-20,29H,11,16,21-23H2,1-5H3,(H,34,38). The molecule has 0 aliphatic heterocycles. The van der Waals surface area contributed by atoms with Crippen molar-refractivity contribution >= 4 is 27.5 Å². The SMILES string of the molecule is Cc1ccccc1N(CCCC(=O)N(Cc1ccc(F)cc1)C(Cc1ccccc1)C(=O)NC(C)(C)C)S(C)(=O)=O. The highest BCUT2D eigenvalue weighted by molar-refractivity contribution is 7.92. The van der Waals surface area contributed by atoms with Crippen LogP contribution in [0.1, 0.15) is 50.3 Å². The summed E-state index contributed by atoms with van der Waals surface area (Å²) in [4.78, 5) is 29.0. The van der Waals surface area contributed by atoms with Gasteiger partial charge < -0.3 is 10.2 Å². The Morgan fingerprint density at radius 2 is 1.51 bits per heavy atom. The molecule has 0 radical (unpaired) electrons. The van der Waals surface area contributed by atoms with Crippen molar-refractivity contribution in [3.8, 4) is 0 Å². The Bertz CT molecular complexity index is 1420. The summed E-state index contributed by atoms with van der Waals surface area (Å²) in [6, 6.07) is 21.7. The van der Waals surface area contributed by atoms with Crippen LogP contribution in [0.4, 0.5) is 10.1 Å². The molecule has 0 aliphatic carbocycles. The lowest BCUT2D eigenvalue weighted by Gasteiger charge is -2.34. The lowest BCUT2D eigenvalue weighted by molar-refractivity contribution is -0.142. The Labute approximate surface area is 243 Å². The molecule has 9 heteroatoms. The van der Waals surface area contributed by atoms with Gasteiger partial charge in [0.15, 0.2) is 0 Å². The monoisotopic (exact) mass is 581 g/mol. The number of anilines is 1. The third-order valence-corrected chi connectivity index (χ3v) is 7.75. The molecule has 7 nitrogen and oxygen atoms in total. The molecule has 0 aliphatic rings. The number of hydrogen-bond donors (Lipinski definition) is 1. The number of amides is 2. The van der Waals surface area contributed by atoms with E-state index in [1.165, 1.54) is 21.3 Å². The van der Waals surface area contributed by atoms with Gasteiger partial charge in [-0.3, -0.25) is 13.9 Å². The molecule has 3 aromatic carbocycles. The fourth-order valence-corrected chi connectivity index (χ4v) is 5.64. The molecule has 0 bridgehead atoms. The zero-order valence-corrected chi connectivity index (χ0v) is 25.2. The van der Waals surface area contributed by atoms with Crippen LogP contribution in [0.3, 0.4) is 0 Å². The lowest BCUT2D eigenvalue weighted by atomic mass is 10.00. The van der Waals surface area contributed by atoms with Crippen molar-refractivity contribution in [1.29, 1.82) is 0 Å². The summed E-state index contributed by atoms with van der Waals surface area (Å²) in [5.74, 6) is -0.984. The molecule has 41 heavy (non-hydrogen) atoms. The van der Waals surface area contributed by atoms with Crippen molar-refractivity contribution in [3.63, 3.8) is 0 Å². The zero-order chi connectivity index (χ0) is 30.2. The molecule has 1 atom stereocenters. The van der Waals surface area contributed by atoms with Crippen molar-refractivity contribution < 1.29 is 22.4 Å². The molecular weight excluding hydrogens is 541 g/mol. The molecule has 0 saturated heterocycles. The molecule has 2 amide bonds. The maximum absolute atomic E-state index is 13.9. The van der Waals surface area contributed by atoms with E-state index in [0.29, 0.717) is 11.3 Å². The number of aryl methyl sites for hydroxylation is 1. The van der Waals surface area contributed by atoms with E-state index in [1.54, 1.807) is 24.3 Å². The zero-order valence-electron chi connectivity index (χ0n) is 24.4. The molecule has 0 heterocycles. The predicted octanol–water partition coefficient (Wildman–Crippen LogP) is 5.24. The second-order valence-electron chi connectivity index (χ2n) is 11.3. The van der Waals surface area contributed by atoms with Crippen LogP contribution in [0.5, 0.6) is 0 Å². The number of rotatable bonds is 12. The van der Waals surface area contributed by atoms with E-state index in [9.17, 15) is 22.4 Å². The van der Waals surface area contributed by atoms with E-state index < -0.39 is 27.4 Å². The van der Waals surface area contributed by atoms with Gasteiger partial charge in [-0.2, -0.15) is 0 Å².